The summed E-state index contributed by atoms with van der Waals surface area (Å²) in [6.07, 6.45) is -9.80. The molecule has 2 aromatic carbocycles. The summed E-state index contributed by atoms with van der Waals surface area (Å²) in [6.45, 7) is 3.03. The lowest BCUT2D eigenvalue weighted by Gasteiger charge is -2.41. The molecule has 9 heteroatoms. The molecule has 1 saturated heterocycles. The van der Waals surface area contributed by atoms with Gasteiger partial charge in [-0.1, -0.05) is 12.1 Å². The van der Waals surface area contributed by atoms with Crippen LogP contribution in [-0.4, -0.2) is 19.2 Å². The van der Waals surface area contributed by atoms with E-state index in [1.165, 1.54) is 19.1 Å². The van der Waals surface area contributed by atoms with E-state index in [-0.39, 0.29) is 29.3 Å². The van der Waals surface area contributed by atoms with Crippen molar-refractivity contribution in [2.24, 2.45) is 11.8 Å². The first-order chi connectivity index (χ1) is 15.4. The summed E-state index contributed by atoms with van der Waals surface area (Å²) in [4.78, 5) is 0. The van der Waals surface area contributed by atoms with Crippen molar-refractivity contribution >= 4 is 0 Å². The van der Waals surface area contributed by atoms with Gasteiger partial charge in [-0.25, -0.2) is 4.39 Å². The Labute approximate surface area is 187 Å². The van der Waals surface area contributed by atoms with E-state index in [1.807, 2.05) is 0 Å². The lowest BCUT2D eigenvalue weighted by atomic mass is 9.69. The standard InChI is InChI=1S/C24H24F7NO/c1-13(16-8-17(23(26,27)28)10-18(9-16)24(29,30)31)33-21-7-4-15-11-32-12-20(15)22(21)14-2-5-19(25)6-3-14/h2-3,5-6,8-10,13,15,20-22,32H,4,7,11-12H2,1H3/t13?,15-,20+,21-,22-/m1/s1. The summed E-state index contributed by atoms with van der Waals surface area (Å²) in [5.41, 5.74) is -2.04. The monoisotopic (exact) mass is 475 g/mol. The van der Waals surface area contributed by atoms with Crippen molar-refractivity contribution < 1.29 is 35.5 Å². The predicted molar refractivity (Wildman–Crippen MR) is 108 cm³/mol. The van der Waals surface area contributed by atoms with E-state index in [9.17, 15) is 30.7 Å². The maximum Gasteiger partial charge on any atom is 0.416 e. The molecule has 1 unspecified atom stereocenters. The number of benzene rings is 2. The fraction of sp³-hybridized carbons (Fsp3) is 0.500. The summed E-state index contributed by atoms with van der Waals surface area (Å²) in [5, 5.41) is 3.35. The first kappa shape index (κ1) is 24.0. The Balaban J connectivity index is 1.65. The molecule has 0 radical (unpaired) electrons. The second-order valence-corrected chi connectivity index (χ2v) is 8.89. The Kier molecular flexibility index (Phi) is 6.48. The molecule has 33 heavy (non-hydrogen) atoms. The Morgan fingerprint density at radius 3 is 2.06 bits per heavy atom. The largest absolute Gasteiger partial charge is 0.416 e. The number of halogens is 7. The van der Waals surface area contributed by atoms with E-state index in [4.69, 9.17) is 4.74 Å². The molecular weight excluding hydrogens is 451 g/mol. The number of hydrogen-bond donors (Lipinski definition) is 1. The molecule has 180 valence electrons. The highest BCUT2D eigenvalue weighted by molar-refractivity contribution is 5.35. The molecule has 5 atom stereocenters. The van der Waals surface area contributed by atoms with Gasteiger partial charge in [-0.3, -0.25) is 0 Å². The van der Waals surface area contributed by atoms with E-state index in [2.05, 4.69) is 5.32 Å². The van der Waals surface area contributed by atoms with Crippen LogP contribution in [0.3, 0.4) is 0 Å². The zero-order valence-electron chi connectivity index (χ0n) is 17.8. The van der Waals surface area contributed by atoms with Gasteiger partial charge in [0.25, 0.3) is 0 Å². The van der Waals surface area contributed by atoms with E-state index in [0.29, 0.717) is 12.3 Å². The van der Waals surface area contributed by atoms with E-state index in [1.54, 1.807) is 12.1 Å². The molecule has 1 aliphatic heterocycles. The van der Waals surface area contributed by atoms with Crippen LogP contribution in [0.2, 0.25) is 0 Å². The van der Waals surface area contributed by atoms with Crippen LogP contribution in [0.25, 0.3) is 0 Å². The summed E-state index contributed by atoms with van der Waals surface area (Å²) >= 11 is 0. The smallest absolute Gasteiger partial charge is 0.370 e. The van der Waals surface area contributed by atoms with Gasteiger partial charge in [-0.2, -0.15) is 26.3 Å². The maximum atomic E-state index is 13.5. The molecular formula is C24H24F7NO. The van der Waals surface area contributed by atoms with Crippen LogP contribution < -0.4 is 5.32 Å². The molecule has 2 fully saturated rings. The molecule has 4 rings (SSSR count). The molecule has 2 nitrogen and oxygen atoms in total. The fourth-order valence-corrected chi connectivity index (χ4v) is 5.18. The summed E-state index contributed by atoms with van der Waals surface area (Å²) in [6, 6.07) is 7.61. The summed E-state index contributed by atoms with van der Waals surface area (Å²) < 4.78 is 99.3. The molecule has 1 aliphatic carbocycles. The minimum Gasteiger partial charge on any atom is -0.370 e. The molecule has 2 aliphatic rings. The zero-order chi connectivity index (χ0) is 24.0. The van der Waals surface area contributed by atoms with Gasteiger partial charge >= 0.3 is 12.4 Å². The molecule has 0 aromatic heterocycles. The lowest BCUT2D eigenvalue weighted by Crippen LogP contribution is -2.38. The Morgan fingerprint density at radius 1 is 0.879 bits per heavy atom. The Hall–Kier alpha value is -2.13. The first-order valence-electron chi connectivity index (χ1n) is 10.8. The van der Waals surface area contributed by atoms with Gasteiger partial charge in [0.1, 0.15) is 5.82 Å². The summed E-state index contributed by atoms with van der Waals surface area (Å²) in [5.74, 6) is 0.0501. The second-order valence-electron chi connectivity index (χ2n) is 8.89. The van der Waals surface area contributed by atoms with Crippen molar-refractivity contribution in [3.05, 3.63) is 70.5 Å². The highest BCUT2D eigenvalue weighted by Crippen LogP contribution is 2.46. The molecule has 0 amide bonds. The van der Waals surface area contributed by atoms with Crippen LogP contribution in [0, 0.1) is 17.7 Å². The average molecular weight is 475 g/mol. The van der Waals surface area contributed by atoms with Gasteiger partial charge in [0.15, 0.2) is 0 Å². The van der Waals surface area contributed by atoms with Crippen molar-refractivity contribution in [3.8, 4) is 0 Å². The minimum atomic E-state index is -4.92. The second kappa shape index (κ2) is 8.91. The van der Waals surface area contributed by atoms with Crippen LogP contribution in [0.5, 0.6) is 0 Å². The number of alkyl halides is 6. The third-order valence-corrected chi connectivity index (χ3v) is 6.79. The SMILES string of the molecule is CC(O[C@@H]1CC[C@@H]2CNC[C@@H]2[C@H]1c1ccc(F)cc1)c1cc(C(F)(F)F)cc(C(F)(F)F)c1. The Bertz CT molecular complexity index is 938. The summed E-state index contributed by atoms with van der Waals surface area (Å²) in [7, 11) is 0. The molecule has 1 N–H and O–H groups in total. The van der Waals surface area contributed by atoms with Crippen molar-refractivity contribution in [1.29, 1.82) is 0 Å². The highest BCUT2D eigenvalue weighted by Gasteiger charge is 2.44. The van der Waals surface area contributed by atoms with Crippen LogP contribution in [0.1, 0.15) is 54.0 Å². The molecule has 0 bridgehead atoms. The number of hydrogen-bond acceptors (Lipinski definition) is 2. The van der Waals surface area contributed by atoms with Gasteiger partial charge in [0.2, 0.25) is 0 Å². The third-order valence-electron chi connectivity index (χ3n) is 6.79. The van der Waals surface area contributed by atoms with Crippen molar-refractivity contribution in [2.75, 3.05) is 13.1 Å². The molecule has 1 saturated carbocycles. The molecule has 2 aromatic rings. The Morgan fingerprint density at radius 2 is 1.48 bits per heavy atom. The fourth-order valence-electron chi connectivity index (χ4n) is 5.18. The highest BCUT2D eigenvalue weighted by atomic mass is 19.4. The number of rotatable bonds is 4. The molecule has 0 spiro atoms. The maximum absolute atomic E-state index is 13.5. The van der Waals surface area contributed by atoms with E-state index >= 15 is 0 Å². The van der Waals surface area contributed by atoms with Crippen LogP contribution >= 0.6 is 0 Å². The predicted octanol–water partition coefficient (Wildman–Crippen LogP) is 6.72. The normalized spacial score (nSPS) is 26.8. The number of fused-ring (bicyclic) bond motifs is 1. The number of ether oxygens (including phenoxy) is 1. The van der Waals surface area contributed by atoms with Crippen LogP contribution in [0.15, 0.2) is 42.5 Å². The van der Waals surface area contributed by atoms with Gasteiger partial charge < -0.3 is 10.1 Å². The first-order valence-corrected chi connectivity index (χ1v) is 10.8. The van der Waals surface area contributed by atoms with Crippen LogP contribution in [0.4, 0.5) is 30.7 Å². The van der Waals surface area contributed by atoms with Crippen LogP contribution in [-0.2, 0) is 17.1 Å². The minimum absolute atomic E-state index is 0.118. The quantitative estimate of drug-likeness (QED) is 0.496. The molecule has 1 heterocycles. The third kappa shape index (κ3) is 5.19. The van der Waals surface area contributed by atoms with Gasteiger partial charge in [-0.15, -0.1) is 0 Å². The van der Waals surface area contributed by atoms with Crippen molar-refractivity contribution in [1.82, 2.24) is 5.32 Å². The van der Waals surface area contributed by atoms with Gasteiger partial charge in [-0.05, 0) is 86.1 Å². The van der Waals surface area contributed by atoms with Gasteiger partial charge in [0.05, 0.1) is 23.3 Å². The van der Waals surface area contributed by atoms with E-state index in [0.717, 1.165) is 37.2 Å². The van der Waals surface area contributed by atoms with Crippen molar-refractivity contribution in [3.63, 3.8) is 0 Å². The lowest BCUT2D eigenvalue weighted by molar-refractivity contribution is -0.143. The zero-order valence-corrected chi connectivity index (χ0v) is 17.8. The van der Waals surface area contributed by atoms with Crippen molar-refractivity contribution in [2.45, 2.75) is 50.2 Å². The van der Waals surface area contributed by atoms with Gasteiger partial charge in [0, 0.05) is 5.92 Å². The van der Waals surface area contributed by atoms with E-state index < -0.39 is 35.7 Å². The number of nitrogens with one attached hydrogen (secondary N) is 1. The topological polar surface area (TPSA) is 21.3 Å². The average Bonchev–Trinajstić information content (AvgIpc) is 3.21.